The van der Waals surface area contributed by atoms with Crippen molar-refractivity contribution in [2.24, 2.45) is 7.05 Å². The number of rotatable bonds is 4. The largest absolute Gasteiger partial charge is 0.480 e. The molecule has 0 spiro atoms. The second-order valence-corrected chi connectivity index (χ2v) is 4.90. The number of hydrogen-bond acceptors (Lipinski definition) is 3. The molecule has 2 aromatic heterocycles. The third-order valence-corrected chi connectivity index (χ3v) is 3.47. The van der Waals surface area contributed by atoms with E-state index in [1.165, 1.54) is 0 Å². The third kappa shape index (κ3) is 2.29. The fourth-order valence-electron chi connectivity index (χ4n) is 2.48. The van der Waals surface area contributed by atoms with Crippen LogP contribution in [0.25, 0.3) is 22.6 Å². The third-order valence-electron chi connectivity index (χ3n) is 3.47. The number of aromatic nitrogens is 4. The average molecular weight is 284 g/mol. The van der Waals surface area contributed by atoms with Gasteiger partial charge < -0.3 is 9.67 Å². The number of aryl methyl sites for hydroxylation is 2. The maximum atomic E-state index is 11.2. The Kier molecular flexibility index (Phi) is 3.21. The first-order chi connectivity index (χ1) is 10.1. The molecule has 2 heterocycles. The molecular weight excluding hydrogens is 268 g/mol. The highest BCUT2D eigenvalue weighted by Crippen LogP contribution is 2.25. The Morgan fingerprint density at radius 2 is 2.10 bits per heavy atom. The van der Waals surface area contributed by atoms with Gasteiger partial charge in [-0.3, -0.25) is 9.48 Å². The standard InChI is InChI=1S/C15H16N4O2/c1-3-10-8-13(18(2)17-10)15-16-11-6-4-5-7-12(11)19(15)9-14(20)21/h4-8H,3,9H2,1-2H3,(H,20,21). The molecule has 0 aliphatic heterocycles. The lowest BCUT2D eigenvalue weighted by molar-refractivity contribution is -0.137. The molecule has 6 heteroatoms. The molecule has 0 aliphatic carbocycles. The van der Waals surface area contributed by atoms with Crippen LogP contribution in [0.4, 0.5) is 0 Å². The normalized spacial score (nSPS) is 11.1. The van der Waals surface area contributed by atoms with Crippen LogP contribution in [0.1, 0.15) is 12.6 Å². The van der Waals surface area contributed by atoms with Gasteiger partial charge in [0.25, 0.3) is 0 Å². The number of nitrogens with zero attached hydrogens (tertiary/aromatic N) is 4. The second kappa shape index (κ2) is 5.05. The van der Waals surface area contributed by atoms with E-state index in [4.69, 9.17) is 5.11 Å². The topological polar surface area (TPSA) is 72.9 Å². The summed E-state index contributed by atoms with van der Waals surface area (Å²) in [6.07, 6.45) is 0.826. The summed E-state index contributed by atoms with van der Waals surface area (Å²) < 4.78 is 3.46. The molecule has 21 heavy (non-hydrogen) atoms. The molecule has 3 rings (SSSR count). The predicted octanol–water partition coefficient (Wildman–Crippen LogP) is 2.08. The van der Waals surface area contributed by atoms with Crippen LogP contribution in [0.15, 0.2) is 30.3 Å². The van der Waals surface area contributed by atoms with Gasteiger partial charge in [0.1, 0.15) is 12.2 Å². The quantitative estimate of drug-likeness (QED) is 0.796. The molecule has 0 unspecified atom stereocenters. The molecule has 0 amide bonds. The van der Waals surface area contributed by atoms with Gasteiger partial charge in [-0.25, -0.2) is 4.98 Å². The molecule has 1 N–H and O–H groups in total. The van der Waals surface area contributed by atoms with Crippen LogP contribution >= 0.6 is 0 Å². The number of carboxylic acids is 1. The summed E-state index contributed by atoms with van der Waals surface area (Å²) in [6, 6.07) is 9.50. The zero-order valence-electron chi connectivity index (χ0n) is 11.9. The van der Waals surface area contributed by atoms with Crippen molar-refractivity contribution in [1.82, 2.24) is 19.3 Å². The molecule has 3 aromatic rings. The van der Waals surface area contributed by atoms with Crippen molar-refractivity contribution < 1.29 is 9.90 Å². The Bertz CT molecular complexity index is 816. The summed E-state index contributed by atoms with van der Waals surface area (Å²) in [5.74, 6) is -0.259. The van der Waals surface area contributed by atoms with Gasteiger partial charge in [-0.2, -0.15) is 5.10 Å². The summed E-state index contributed by atoms with van der Waals surface area (Å²) in [4.78, 5) is 15.8. The number of fused-ring (bicyclic) bond motifs is 1. The highest BCUT2D eigenvalue weighted by Gasteiger charge is 2.17. The summed E-state index contributed by atoms with van der Waals surface area (Å²) in [5, 5.41) is 13.6. The monoisotopic (exact) mass is 284 g/mol. The number of carbonyl (C=O) groups is 1. The molecule has 0 saturated carbocycles. The lowest BCUT2D eigenvalue weighted by Gasteiger charge is -2.06. The van der Waals surface area contributed by atoms with Crippen LogP contribution in [0.5, 0.6) is 0 Å². The molecule has 0 atom stereocenters. The number of aliphatic carboxylic acids is 1. The molecule has 0 bridgehead atoms. The maximum Gasteiger partial charge on any atom is 0.323 e. The molecule has 1 aromatic carbocycles. The highest BCUT2D eigenvalue weighted by atomic mass is 16.4. The minimum atomic E-state index is -0.891. The second-order valence-electron chi connectivity index (χ2n) is 4.90. The summed E-state index contributed by atoms with van der Waals surface area (Å²) >= 11 is 0. The van der Waals surface area contributed by atoms with Crippen molar-refractivity contribution in [3.8, 4) is 11.5 Å². The SMILES string of the molecule is CCc1cc(-c2nc3ccccc3n2CC(=O)O)n(C)n1. The van der Waals surface area contributed by atoms with Crippen molar-refractivity contribution in [2.75, 3.05) is 0 Å². The number of benzene rings is 1. The van der Waals surface area contributed by atoms with E-state index in [1.807, 2.05) is 44.3 Å². The summed E-state index contributed by atoms with van der Waals surface area (Å²) in [7, 11) is 1.85. The van der Waals surface area contributed by atoms with Crippen molar-refractivity contribution in [3.05, 3.63) is 36.0 Å². The summed E-state index contributed by atoms with van der Waals surface area (Å²) in [6.45, 7) is 1.91. The van der Waals surface area contributed by atoms with Gasteiger partial charge in [0.15, 0.2) is 5.82 Å². The van der Waals surface area contributed by atoms with Gasteiger partial charge in [-0.05, 0) is 24.6 Å². The predicted molar refractivity (Wildman–Crippen MR) is 78.9 cm³/mol. The van der Waals surface area contributed by atoms with E-state index in [2.05, 4.69) is 10.1 Å². The molecule has 0 saturated heterocycles. The molecular formula is C15H16N4O2. The van der Waals surface area contributed by atoms with Gasteiger partial charge in [0.2, 0.25) is 0 Å². The smallest absolute Gasteiger partial charge is 0.323 e. The Morgan fingerprint density at radius 3 is 2.76 bits per heavy atom. The van der Waals surface area contributed by atoms with Crippen LogP contribution in [0.2, 0.25) is 0 Å². The minimum absolute atomic E-state index is 0.123. The zero-order chi connectivity index (χ0) is 15.0. The van der Waals surface area contributed by atoms with Crippen molar-refractivity contribution in [3.63, 3.8) is 0 Å². The van der Waals surface area contributed by atoms with E-state index in [-0.39, 0.29) is 6.54 Å². The average Bonchev–Trinajstić information content (AvgIpc) is 2.99. The van der Waals surface area contributed by atoms with Gasteiger partial charge in [-0.1, -0.05) is 19.1 Å². The molecule has 6 nitrogen and oxygen atoms in total. The van der Waals surface area contributed by atoms with E-state index >= 15 is 0 Å². The van der Waals surface area contributed by atoms with Gasteiger partial charge in [-0.15, -0.1) is 0 Å². The van der Waals surface area contributed by atoms with E-state index in [0.29, 0.717) is 5.82 Å². The van der Waals surface area contributed by atoms with Crippen LogP contribution in [-0.4, -0.2) is 30.4 Å². The first-order valence-electron chi connectivity index (χ1n) is 6.80. The van der Waals surface area contributed by atoms with Crippen molar-refractivity contribution in [1.29, 1.82) is 0 Å². The number of hydrogen-bond donors (Lipinski definition) is 1. The van der Waals surface area contributed by atoms with Crippen molar-refractivity contribution in [2.45, 2.75) is 19.9 Å². The zero-order valence-corrected chi connectivity index (χ0v) is 11.9. The first kappa shape index (κ1) is 13.4. The fraction of sp³-hybridized carbons (Fsp3) is 0.267. The Balaban J connectivity index is 2.25. The fourth-order valence-corrected chi connectivity index (χ4v) is 2.48. The van der Waals surface area contributed by atoms with E-state index in [0.717, 1.165) is 28.8 Å². The van der Waals surface area contributed by atoms with E-state index < -0.39 is 5.97 Å². The van der Waals surface area contributed by atoms with Crippen molar-refractivity contribution >= 4 is 17.0 Å². The van der Waals surface area contributed by atoms with Gasteiger partial charge >= 0.3 is 5.97 Å². The van der Waals surface area contributed by atoms with Crippen LogP contribution in [-0.2, 0) is 24.8 Å². The lowest BCUT2D eigenvalue weighted by Crippen LogP contribution is -2.11. The Morgan fingerprint density at radius 1 is 1.33 bits per heavy atom. The Labute approximate surface area is 121 Å². The number of para-hydroxylation sites is 2. The first-order valence-corrected chi connectivity index (χ1v) is 6.80. The minimum Gasteiger partial charge on any atom is -0.480 e. The van der Waals surface area contributed by atoms with Crippen LogP contribution < -0.4 is 0 Å². The summed E-state index contributed by atoms with van der Waals surface area (Å²) in [5.41, 5.74) is 3.38. The van der Waals surface area contributed by atoms with Gasteiger partial charge in [0, 0.05) is 7.05 Å². The van der Waals surface area contributed by atoms with Crippen LogP contribution in [0, 0.1) is 0 Å². The maximum absolute atomic E-state index is 11.2. The molecule has 0 fully saturated rings. The molecule has 108 valence electrons. The lowest BCUT2D eigenvalue weighted by atomic mass is 10.3. The number of imidazole rings is 1. The molecule has 0 radical (unpaired) electrons. The van der Waals surface area contributed by atoms with Crippen LogP contribution in [0.3, 0.4) is 0 Å². The van der Waals surface area contributed by atoms with E-state index in [9.17, 15) is 4.79 Å². The van der Waals surface area contributed by atoms with Gasteiger partial charge in [0.05, 0.1) is 16.7 Å². The highest BCUT2D eigenvalue weighted by molar-refractivity contribution is 5.82. The Hall–Kier alpha value is -2.63. The molecule has 0 aliphatic rings. The number of carboxylic acid groups (broad SMARTS) is 1. The van der Waals surface area contributed by atoms with E-state index in [1.54, 1.807) is 9.25 Å².